The summed E-state index contributed by atoms with van der Waals surface area (Å²) < 4.78 is 4.90. The molecule has 0 unspecified atom stereocenters. The lowest BCUT2D eigenvalue weighted by Gasteiger charge is -2.21. The number of hydrogen-bond acceptors (Lipinski definition) is 4. The Morgan fingerprint density at radius 2 is 1.95 bits per heavy atom. The Kier molecular flexibility index (Phi) is 6.41. The van der Waals surface area contributed by atoms with Crippen molar-refractivity contribution in [3.63, 3.8) is 0 Å². The van der Waals surface area contributed by atoms with Gasteiger partial charge in [0.25, 0.3) is 0 Å². The first-order valence-electron chi connectivity index (χ1n) is 5.58. The van der Waals surface area contributed by atoms with E-state index in [9.17, 15) is 14.4 Å². The van der Waals surface area contributed by atoms with Crippen LogP contribution in [0, 0.1) is 12.3 Å². The van der Waals surface area contributed by atoms with Gasteiger partial charge in [-0.2, -0.15) is 0 Å². The maximum atomic E-state index is 11.4. The van der Waals surface area contributed by atoms with E-state index in [0.717, 1.165) is 0 Å². The third kappa shape index (κ3) is 8.49. The molecule has 2 amide bonds. The van der Waals surface area contributed by atoms with Crippen LogP contribution in [0.3, 0.4) is 0 Å². The number of ether oxygens (including phenoxy) is 1. The number of terminal acetylenes is 1. The standard InChI is InChI=1S/C12H18N2O5/c1-5-6-13-9(15)7-8(10(16)17)14-11(18)19-12(2,3)4/h1,8H,6-7H2,2-4H3,(H,13,15)(H,14,18)(H,16,17)/t8-/m1/s1. The molecule has 0 radical (unpaired) electrons. The summed E-state index contributed by atoms with van der Waals surface area (Å²) in [6.45, 7) is 4.92. The van der Waals surface area contributed by atoms with Crippen LogP contribution in [-0.2, 0) is 14.3 Å². The number of amides is 2. The van der Waals surface area contributed by atoms with E-state index in [4.69, 9.17) is 16.3 Å². The van der Waals surface area contributed by atoms with E-state index in [1.54, 1.807) is 20.8 Å². The average Bonchev–Trinajstić information content (AvgIpc) is 2.22. The zero-order chi connectivity index (χ0) is 15.1. The van der Waals surface area contributed by atoms with Gasteiger partial charge in [0.05, 0.1) is 13.0 Å². The highest BCUT2D eigenvalue weighted by molar-refractivity contribution is 5.87. The first-order valence-corrected chi connectivity index (χ1v) is 5.58. The van der Waals surface area contributed by atoms with Gasteiger partial charge in [0.15, 0.2) is 0 Å². The highest BCUT2D eigenvalue weighted by Crippen LogP contribution is 2.07. The first kappa shape index (κ1) is 16.8. The topological polar surface area (TPSA) is 105 Å². The summed E-state index contributed by atoms with van der Waals surface area (Å²) in [6, 6.07) is -1.37. The minimum Gasteiger partial charge on any atom is -0.480 e. The van der Waals surface area contributed by atoms with E-state index in [2.05, 4.69) is 16.6 Å². The number of alkyl carbamates (subject to hydrolysis) is 1. The lowest BCUT2D eigenvalue weighted by molar-refractivity contribution is -0.141. The molecule has 7 heteroatoms. The van der Waals surface area contributed by atoms with Crippen molar-refractivity contribution in [3.8, 4) is 12.3 Å². The summed E-state index contributed by atoms with van der Waals surface area (Å²) in [4.78, 5) is 33.6. The smallest absolute Gasteiger partial charge is 0.408 e. The fourth-order valence-corrected chi connectivity index (χ4v) is 1.06. The Morgan fingerprint density at radius 3 is 2.37 bits per heavy atom. The molecule has 0 saturated heterocycles. The van der Waals surface area contributed by atoms with Gasteiger partial charge < -0.3 is 20.5 Å². The number of hydrogen-bond donors (Lipinski definition) is 3. The van der Waals surface area contributed by atoms with E-state index >= 15 is 0 Å². The zero-order valence-corrected chi connectivity index (χ0v) is 11.1. The highest BCUT2D eigenvalue weighted by Gasteiger charge is 2.25. The molecule has 106 valence electrons. The number of aliphatic carboxylic acids is 1. The van der Waals surface area contributed by atoms with Gasteiger partial charge in [-0.05, 0) is 20.8 Å². The van der Waals surface area contributed by atoms with E-state index in [-0.39, 0.29) is 6.54 Å². The number of carboxylic acids is 1. The SMILES string of the molecule is C#CCNC(=O)C[C@@H](NC(=O)OC(C)(C)C)C(=O)O. The maximum absolute atomic E-state index is 11.4. The van der Waals surface area contributed by atoms with Gasteiger partial charge in [-0.1, -0.05) is 5.92 Å². The number of carbonyl (C=O) groups excluding carboxylic acids is 2. The predicted octanol–water partition coefficient (Wildman–Crippen LogP) is 0.104. The minimum absolute atomic E-state index is 0.00237. The Labute approximate surface area is 111 Å². The molecule has 0 heterocycles. The number of nitrogens with one attached hydrogen (secondary N) is 2. The highest BCUT2D eigenvalue weighted by atomic mass is 16.6. The normalized spacial score (nSPS) is 11.9. The molecule has 0 aliphatic heterocycles. The molecular weight excluding hydrogens is 252 g/mol. The van der Waals surface area contributed by atoms with Gasteiger partial charge >= 0.3 is 12.1 Å². The molecular formula is C12H18N2O5. The van der Waals surface area contributed by atoms with Crippen molar-refractivity contribution in [2.75, 3.05) is 6.54 Å². The van der Waals surface area contributed by atoms with E-state index in [1.165, 1.54) is 0 Å². The first-order chi connectivity index (χ1) is 8.65. The molecule has 0 aliphatic carbocycles. The van der Waals surface area contributed by atoms with Crippen molar-refractivity contribution in [2.24, 2.45) is 0 Å². The van der Waals surface area contributed by atoms with Crippen LogP contribution in [0.2, 0.25) is 0 Å². The second-order valence-electron chi connectivity index (χ2n) is 4.72. The Bertz CT molecular complexity index is 392. The number of carboxylic acid groups (broad SMARTS) is 1. The van der Waals surface area contributed by atoms with Gasteiger partial charge in [0, 0.05) is 0 Å². The van der Waals surface area contributed by atoms with Crippen molar-refractivity contribution < 1.29 is 24.2 Å². The maximum Gasteiger partial charge on any atom is 0.408 e. The molecule has 0 bridgehead atoms. The molecule has 0 aromatic heterocycles. The van der Waals surface area contributed by atoms with Gasteiger partial charge in [-0.25, -0.2) is 9.59 Å². The molecule has 0 rings (SSSR count). The molecule has 1 atom stereocenters. The molecule has 7 nitrogen and oxygen atoms in total. The van der Waals surface area contributed by atoms with Crippen LogP contribution >= 0.6 is 0 Å². The van der Waals surface area contributed by atoms with Crippen molar-refractivity contribution in [1.82, 2.24) is 10.6 Å². The van der Waals surface area contributed by atoms with Gasteiger partial charge in [-0.15, -0.1) is 6.42 Å². The third-order valence-electron chi connectivity index (χ3n) is 1.77. The van der Waals surface area contributed by atoms with Crippen molar-refractivity contribution in [3.05, 3.63) is 0 Å². The summed E-state index contributed by atoms with van der Waals surface area (Å²) in [5.74, 6) is 0.282. The minimum atomic E-state index is -1.37. The second-order valence-corrected chi connectivity index (χ2v) is 4.72. The zero-order valence-electron chi connectivity index (χ0n) is 11.1. The van der Waals surface area contributed by atoms with E-state index in [1.807, 2.05) is 0 Å². The van der Waals surface area contributed by atoms with Crippen LogP contribution in [0.25, 0.3) is 0 Å². The molecule has 0 saturated carbocycles. The van der Waals surface area contributed by atoms with Crippen LogP contribution in [0.4, 0.5) is 4.79 Å². The van der Waals surface area contributed by atoms with Crippen LogP contribution < -0.4 is 10.6 Å². The second kappa shape index (κ2) is 7.26. The van der Waals surface area contributed by atoms with Crippen LogP contribution in [0.15, 0.2) is 0 Å². The lowest BCUT2D eigenvalue weighted by Crippen LogP contribution is -2.46. The molecule has 3 N–H and O–H groups in total. The summed E-state index contributed by atoms with van der Waals surface area (Å²) in [5, 5.41) is 13.3. The molecule has 0 aromatic carbocycles. The van der Waals surface area contributed by atoms with Crippen molar-refractivity contribution in [2.45, 2.75) is 38.8 Å². The van der Waals surface area contributed by atoms with Crippen LogP contribution in [-0.4, -0.2) is 41.3 Å². The lowest BCUT2D eigenvalue weighted by atomic mass is 10.2. The van der Waals surface area contributed by atoms with Crippen molar-refractivity contribution >= 4 is 18.0 Å². The van der Waals surface area contributed by atoms with E-state index in [0.29, 0.717) is 0 Å². The fourth-order valence-electron chi connectivity index (χ4n) is 1.06. The molecule has 0 fully saturated rings. The van der Waals surface area contributed by atoms with Gasteiger partial charge in [0.2, 0.25) is 5.91 Å². The molecule has 0 spiro atoms. The van der Waals surface area contributed by atoms with E-state index < -0.39 is 36.0 Å². The third-order valence-corrected chi connectivity index (χ3v) is 1.77. The van der Waals surface area contributed by atoms with Crippen LogP contribution in [0.1, 0.15) is 27.2 Å². The van der Waals surface area contributed by atoms with Crippen LogP contribution in [0.5, 0.6) is 0 Å². The summed E-state index contributed by atoms with van der Waals surface area (Å²) in [7, 11) is 0. The molecule has 0 aliphatic rings. The fraction of sp³-hybridized carbons (Fsp3) is 0.583. The Hall–Kier alpha value is -2.23. The summed E-state index contributed by atoms with van der Waals surface area (Å²) in [5.41, 5.74) is -0.751. The summed E-state index contributed by atoms with van der Waals surface area (Å²) in [6.07, 6.45) is 3.63. The number of rotatable bonds is 5. The Balaban J connectivity index is 4.43. The summed E-state index contributed by atoms with van der Waals surface area (Å²) >= 11 is 0. The molecule has 0 aromatic rings. The quantitative estimate of drug-likeness (QED) is 0.615. The molecule has 19 heavy (non-hydrogen) atoms. The van der Waals surface area contributed by atoms with Gasteiger partial charge in [-0.3, -0.25) is 4.79 Å². The predicted molar refractivity (Wildman–Crippen MR) is 67.3 cm³/mol. The largest absolute Gasteiger partial charge is 0.480 e. The number of carbonyl (C=O) groups is 3. The average molecular weight is 270 g/mol. The van der Waals surface area contributed by atoms with Gasteiger partial charge in [0.1, 0.15) is 11.6 Å². The van der Waals surface area contributed by atoms with Crippen molar-refractivity contribution in [1.29, 1.82) is 0 Å². The monoisotopic (exact) mass is 270 g/mol. The Morgan fingerprint density at radius 1 is 1.37 bits per heavy atom.